The molecule has 0 aromatic rings. The highest BCUT2D eigenvalue weighted by Gasteiger charge is 2.22. The molecule has 2 atom stereocenters. The monoisotopic (exact) mass is 333 g/mol. The average molecular weight is 333 g/mol. The number of amides is 1. The third kappa shape index (κ3) is 3.72. The van der Waals surface area contributed by atoms with Crippen molar-refractivity contribution in [1.29, 1.82) is 0 Å². The van der Waals surface area contributed by atoms with E-state index in [1.165, 1.54) is 5.56 Å². The maximum atomic E-state index is 12.3. The Hall–Kier alpha value is -2.65. The quantitative estimate of drug-likeness (QED) is 0.841. The Morgan fingerprint density at radius 1 is 1.16 bits per heavy atom. The first kappa shape index (κ1) is 17.2. The van der Waals surface area contributed by atoms with Crippen LogP contribution in [0.1, 0.15) is 19.4 Å². The minimum atomic E-state index is -0.128. The number of allylic oxidation sites excluding steroid dienone is 1. The largest absolute Gasteiger partial charge is 0.377 e. The van der Waals surface area contributed by atoms with E-state index in [9.17, 15) is 4.79 Å². The van der Waals surface area contributed by atoms with Crippen LogP contribution >= 0.6 is 0 Å². The molecule has 0 aromatic heterocycles. The Balaban J connectivity index is 1.72. The number of ether oxygens (including phenoxy) is 1. The molecule has 0 bridgehead atoms. The van der Waals surface area contributed by atoms with Crippen LogP contribution in [0.25, 0.3) is 17.2 Å². The van der Waals surface area contributed by atoms with Gasteiger partial charge < -0.3 is 10.1 Å². The molecule has 0 saturated heterocycles. The van der Waals surface area contributed by atoms with E-state index >= 15 is 0 Å². The summed E-state index contributed by atoms with van der Waals surface area (Å²) in [4.78, 5) is 12.3. The summed E-state index contributed by atoms with van der Waals surface area (Å²) < 4.78 is 5.42. The van der Waals surface area contributed by atoms with Crippen LogP contribution in [0.4, 0.5) is 0 Å². The molecule has 1 N–H and O–H groups in total. The van der Waals surface area contributed by atoms with E-state index in [2.05, 4.69) is 30.4 Å². The van der Waals surface area contributed by atoms with Crippen LogP contribution in [-0.2, 0) is 9.53 Å². The van der Waals surface area contributed by atoms with Gasteiger partial charge in [-0.15, -0.1) is 0 Å². The SMILES string of the molecule is COC1C=CC(NC(=O)/C=C/c2ccc3cccccc2-3)=C(C)C1C. The van der Waals surface area contributed by atoms with Gasteiger partial charge >= 0.3 is 0 Å². The van der Waals surface area contributed by atoms with Gasteiger partial charge in [-0.05, 0) is 41.3 Å². The van der Waals surface area contributed by atoms with Crippen molar-refractivity contribution < 1.29 is 9.53 Å². The molecule has 0 aromatic carbocycles. The molecule has 128 valence electrons. The summed E-state index contributed by atoms with van der Waals surface area (Å²) in [5.74, 6) is 0.116. The van der Waals surface area contributed by atoms with E-state index in [-0.39, 0.29) is 17.9 Å². The molecule has 3 aliphatic carbocycles. The van der Waals surface area contributed by atoms with Gasteiger partial charge in [-0.2, -0.15) is 0 Å². The van der Waals surface area contributed by atoms with Crippen LogP contribution in [0, 0.1) is 5.92 Å². The molecule has 25 heavy (non-hydrogen) atoms. The molecule has 3 nitrogen and oxygen atoms in total. The zero-order valence-electron chi connectivity index (χ0n) is 14.8. The lowest BCUT2D eigenvalue weighted by molar-refractivity contribution is -0.115. The highest BCUT2D eigenvalue weighted by Crippen LogP contribution is 2.28. The van der Waals surface area contributed by atoms with Gasteiger partial charge in [0.15, 0.2) is 0 Å². The molecule has 0 spiro atoms. The van der Waals surface area contributed by atoms with Crippen LogP contribution < -0.4 is 5.32 Å². The van der Waals surface area contributed by atoms with Crippen LogP contribution in [0.5, 0.6) is 0 Å². The molecule has 3 aliphatic rings. The number of carbonyl (C=O) groups is 1. The Morgan fingerprint density at radius 2 is 1.96 bits per heavy atom. The van der Waals surface area contributed by atoms with E-state index < -0.39 is 0 Å². The standard InChI is InChI=1S/C22H23NO2/c1-15-16(2)21(25-3)13-12-20(15)23-22(24)14-11-18-10-9-17-7-5-4-6-8-19(17)18/h4-14,16,21H,1-3H3,(H,23,24)/b14-11+. The van der Waals surface area contributed by atoms with E-state index in [0.29, 0.717) is 0 Å². The minimum absolute atomic E-state index is 0.0626. The molecule has 0 saturated carbocycles. The maximum Gasteiger partial charge on any atom is 0.248 e. The third-order valence-corrected chi connectivity index (χ3v) is 4.82. The number of carbonyl (C=O) groups excluding carboxylic acids is 1. The maximum absolute atomic E-state index is 12.3. The highest BCUT2D eigenvalue weighted by molar-refractivity contribution is 5.94. The van der Waals surface area contributed by atoms with E-state index in [4.69, 9.17) is 4.74 Å². The van der Waals surface area contributed by atoms with E-state index in [0.717, 1.165) is 22.4 Å². The first-order valence-corrected chi connectivity index (χ1v) is 8.48. The van der Waals surface area contributed by atoms with Crippen LogP contribution in [0.15, 0.2) is 72.0 Å². The van der Waals surface area contributed by atoms with Gasteiger partial charge in [-0.1, -0.05) is 55.5 Å². The van der Waals surface area contributed by atoms with Gasteiger partial charge in [-0.3, -0.25) is 4.79 Å². The molecule has 3 rings (SSSR count). The number of rotatable bonds is 4. The van der Waals surface area contributed by atoms with Crippen molar-refractivity contribution in [3.63, 3.8) is 0 Å². The Kier molecular flexibility index (Phi) is 5.15. The normalized spacial score (nSPS) is 20.4. The molecule has 1 amide bonds. The topological polar surface area (TPSA) is 38.3 Å². The third-order valence-electron chi connectivity index (χ3n) is 4.82. The molecule has 2 unspecified atom stereocenters. The van der Waals surface area contributed by atoms with Gasteiger partial charge in [0.2, 0.25) is 5.91 Å². The van der Waals surface area contributed by atoms with Gasteiger partial charge in [-0.25, -0.2) is 0 Å². The Bertz CT molecular complexity index is 832. The van der Waals surface area contributed by atoms with Crippen molar-refractivity contribution in [3.05, 3.63) is 77.5 Å². The predicted molar refractivity (Wildman–Crippen MR) is 102 cm³/mol. The first-order valence-electron chi connectivity index (χ1n) is 8.48. The molecular formula is C22H23NO2. The van der Waals surface area contributed by atoms with Crippen molar-refractivity contribution in [2.45, 2.75) is 20.0 Å². The number of hydrogen-bond acceptors (Lipinski definition) is 2. The van der Waals surface area contributed by atoms with Crippen LogP contribution in [0.3, 0.4) is 0 Å². The lowest BCUT2D eigenvalue weighted by Gasteiger charge is -2.26. The fraction of sp³-hybridized carbons (Fsp3) is 0.227. The van der Waals surface area contributed by atoms with Crippen molar-refractivity contribution in [2.75, 3.05) is 7.11 Å². The van der Waals surface area contributed by atoms with Crippen molar-refractivity contribution in [3.8, 4) is 11.1 Å². The average Bonchev–Trinajstić information content (AvgIpc) is 2.84. The van der Waals surface area contributed by atoms with Gasteiger partial charge in [0.25, 0.3) is 0 Å². The number of nitrogens with one attached hydrogen (secondary N) is 1. The summed E-state index contributed by atoms with van der Waals surface area (Å²) in [5, 5.41) is 2.97. The van der Waals surface area contributed by atoms with Crippen molar-refractivity contribution in [2.24, 2.45) is 5.92 Å². The summed E-state index contributed by atoms with van der Waals surface area (Å²) in [6, 6.07) is 14.3. The fourth-order valence-electron chi connectivity index (χ4n) is 3.13. The van der Waals surface area contributed by atoms with Crippen LogP contribution in [0.2, 0.25) is 0 Å². The molecule has 0 heterocycles. The van der Waals surface area contributed by atoms with Gasteiger partial charge in [0.05, 0.1) is 6.10 Å². The molecule has 0 aliphatic heterocycles. The summed E-state index contributed by atoms with van der Waals surface area (Å²) in [6.07, 6.45) is 7.42. The summed E-state index contributed by atoms with van der Waals surface area (Å²) in [7, 11) is 1.70. The zero-order chi connectivity index (χ0) is 17.8. The number of methoxy groups -OCH3 is 1. The van der Waals surface area contributed by atoms with Gasteiger partial charge in [0.1, 0.15) is 0 Å². The number of hydrogen-bond donors (Lipinski definition) is 1. The van der Waals surface area contributed by atoms with Crippen molar-refractivity contribution in [1.82, 2.24) is 5.32 Å². The van der Waals surface area contributed by atoms with Crippen molar-refractivity contribution >= 4 is 12.0 Å². The second-order valence-electron chi connectivity index (χ2n) is 6.34. The second-order valence-corrected chi connectivity index (χ2v) is 6.34. The Morgan fingerprint density at radius 3 is 2.76 bits per heavy atom. The van der Waals surface area contributed by atoms with E-state index in [1.54, 1.807) is 13.2 Å². The zero-order valence-corrected chi connectivity index (χ0v) is 14.8. The molecule has 3 heteroatoms. The highest BCUT2D eigenvalue weighted by atomic mass is 16.5. The molecule has 0 radical (unpaired) electrons. The molecular weight excluding hydrogens is 310 g/mol. The summed E-state index contributed by atoms with van der Waals surface area (Å²) in [5.41, 5.74) is 5.33. The second kappa shape index (κ2) is 7.49. The summed E-state index contributed by atoms with van der Waals surface area (Å²) >= 11 is 0. The first-order chi connectivity index (χ1) is 12.1. The summed E-state index contributed by atoms with van der Waals surface area (Å²) in [6.45, 7) is 4.13. The van der Waals surface area contributed by atoms with Crippen LogP contribution in [-0.4, -0.2) is 19.1 Å². The Labute approximate surface area is 149 Å². The number of fused-ring (bicyclic) bond motifs is 1. The minimum Gasteiger partial charge on any atom is -0.377 e. The van der Waals surface area contributed by atoms with E-state index in [1.807, 2.05) is 49.4 Å². The smallest absolute Gasteiger partial charge is 0.248 e. The lowest BCUT2D eigenvalue weighted by Crippen LogP contribution is -2.28. The fourth-order valence-corrected chi connectivity index (χ4v) is 3.13. The van der Waals surface area contributed by atoms with Gasteiger partial charge in [0, 0.05) is 24.8 Å². The predicted octanol–water partition coefficient (Wildman–Crippen LogP) is 4.42. The molecule has 0 fully saturated rings. The lowest BCUT2D eigenvalue weighted by atomic mass is 9.90.